The van der Waals surface area contributed by atoms with Crippen molar-refractivity contribution < 1.29 is 4.74 Å². The predicted octanol–water partition coefficient (Wildman–Crippen LogP) is 3.40. The van der Waals surface area contributed by atoms with E-state index in [-0.39, 0.29) is 6.04 Å². The molecule has 0 aliphatic rings. The summed E-state index contributed by atoms with van der Waals surface area (Å²) in [6.45, 7) is 4.96. The number of hydrogen-bond donors (Lipinski definition) is 2. The summed E-state index contributed by atoms with van der Waals surface area (Å²) in [6, 6.07) is 10.3. The predicted molar refractivity (Wildman–Crippen MR) is 80.5 cm³/mol. The number of ether oxygens (including phenoxy) is 1. The minimum absolute atomic E-state index is 0.0419. The summed E-state index contributed by atoms with van der Waals surface area (Å²) in [5.74, 6) is 6.62. The largest absolute Gasteiger partial charge is 0.494 e. The van der Waals surface area contributed by atoms with Crippen LogP contribution in [0.2, 0.25) is 0 Å². The van der Waals surface area contributed by atoms with E-state index in [1.807, 2.05) is 12.1 Å². The van der Waals surface area contributed by atoms with Crippen molar-refractivity contribution in [1.82, 2.24) is 5.43 Å². The molecule has 0 radical (unpaired) electrons. The zero-order chi connectivity index (χ0) is 13.7. The van der Waals surface area contributed by atoms with E-state index in [1.165, 1.54) is 10.4 Å². The molecule has 0 aliphatic carbocycles. The fourth-order valence-corrected chi connectivity index (χ4v) is 2.99. The molecule has 4 heteroatoms. The molecule has 1 heterocycles. The molecule has 2 rings (SSSR count). The van der Waals surface area contributed by atoms with Crippen molar-refractivity contribution >= 4 is 11.3 Å². The van der Waals surface area contributed by atoms with Gasteiger partial charge in [-0.25, -0.2) is 5.43 Å². The number of aryl methyl sites for hydroxylation is 1. The first-order valence-corrected chi connectivity index (χ1v) is 7.37. The minimum atomic E-state index is 0.0419. The van der Waals surface area contributed by atoms with Crippen LogP contribution >= 0.6 is 11.3 Å². The lowest BCUT2D eigenvalue weighted by Crippen LogP contribution is -2.28. The molecule has 1 unspecified atom stereocenters. The minimum Gasteiger partial charge on any atom is -0.494 e. The first-order valence-electron chi connectivity index (χ1n) is 6.49. The first-order chi connectivity index (χ1) is 9.26. The lowest BCUT2D eigenvalue weighted by Gasteiger charge is -2.16. The van der Waals surface area contributed by atoms with E-state index < -0.39 is 0 Å². The van der Waals surface area contributed by atoms with Gasteiger partial charge in [-0.05, 0) is 48.1 Å². The molecule has 0 fully saturated rings. The molecule has 1 aromatic heterocycles. The Morgan fingerprint density at radius 1 is 1.26 bits per heavy atom. The van der Waals surface area contributed by atoms with Crippen LogP contribution in [0.5, 0.6) is 5.75 Å². The van der Waals surface area contributed by atoms with E-state index in [9.17, 15) is 0 Å². The Balaban J connectivity index is 2.18. The quantitative estimate of drug-likeness (QED) is 0.628. The van der Waals surface area contributed by atoms with Gasteiger partial charge in [0.05, 0.1) is 12.6 Å². The van der Waals surface area contributed by atoms with Crippen LogP contribution in [0, 0.1) is 6.92 Å². The fourth-order valence-electron chi connectivity index (χ4n) is 1.98. The second kappa shape index (κ2) is 6.70. The Morgan fingerprint density at radius 2 is 2.00 bits per heavy atom. The van der Waals surface area contributed by atoms with Crippen LogP contribution in [-0.2, 0) is 0 Å². The third kappa shape index (κ3) is 3.35. The van der Waals surface area contributed by atoms with Gasteiger partial charge < -0.3 is 4.74 Å². The van der Waals surface area contributed by atoms with E-state index in [2.05, 4.69) is 42.9 Å². The van der Waals surface area contributed by atoms with Crippen molar-refractivity contribution in [3.05, 3.63) is 51.7 Å². The Hall–Kier alpha value is -1.36. The Morgan fingerprint density at radius 3 is 2.53 bits per heavy atom. The van der Waals surface area contributed by atoms with E-state index >= 15 is 0 Å². The standard InChI is InChI=1S/C15H20N2OS/c1-3-9-18-13-6-4-12(5-7-13)14(17-16)15-11(2)8-10-19-15/h4-8,10,14,17H,3,9,16H2,1-2H3. The molecule has 102 valence electrons. The van der Waals surface area contributed by atoms with Crippen molar-refractivity contribution in [2.24, 2.45) is 5.84 Å². The highest BCUT2D eigenvalue weighted by molar-refractivity contribution is 7.10. The number of rotatable bonds is 6. The molecule has 0 amide bonds. The topological polar surface area (TPSA) is 47.3 Å². The number of benzene rings is 1. The maximum Gasteiger partial charge on any atom is 0.119 e. The zero-order valence-corrected chi connectivity index (χ0v) is 12.2. The summed E-state index contributed by atoms with van der Waals surface area (Å²) < 4.78 is 5.59. The van der Waals surface area contributed by atoms with E-state index in [4.69, 9.17) is 10.6 Å². The third-order valence-corrected chi connectivity index (χ3v) is 4.10. The van der Waals surface area contributed by atoms with Gasteiger partial charge in [-0.3, -0.25) is 5.84 Å². The molecule has 0 aliphatic heterocycles. The summed E-state index contributed by atoms with van der Waals surface area (Å²) in [4.78, 5) is 1.25. The molecule has 19 heavy (non-hydrogen) atoms. The third-order valence-electron chi connectivity index (χ3n) is 3.02. The molecule has 2 aromatic rings. The monoisotopic (exact) mass is 276 g/mol. The summed E-state index contributed by atoms with van der Waals surface area (Å²) in [6.07, 6.45) is 1.02. The Kier molecular flexibility index (Phi) is 4.96. The number of hydrazine groups is 1. The number of nitrogens with one attached hydrogen (secondary N) is 1. The maximum atomic E-state index is 5.71. The van der Waals surface area contributed by atoms with Gasteiger partial charge in [0.2, 0.25) is 0 Å². The summed E-state index contributed by atoms with van der Waals surface area (Å²) in [5, 5.41) is 2.09. The van der Waals surface area contributed by atoms with Gasteiger partial charge in [-0.2, -0.15) is 0 Å². The van der Waals surface area contributed by atoms with Crippen LogP contribution in [0.4, 0.5) is 0 Å². The molecule has 3 nitrogen and oxygen atoms in total. The van der Waals surface area contributed by atoms with E-state index in [1.54, 1.807) is 11.3 Å². The van der Waals surface area contributed by atoms with Crippen LogP contribution in [-0.4, -0.2) is 6.61 Å². The Labute approximate surface area is 118 Å². The van der Waals surface area contributed by atoms with Crippen molar-refractivity contribution in [1.29, 1.82) is 0 Å². The smallest absolute Gasteiger partial charge is 0.119 e. The van der Waals surface area contributed by atoms with Crippen molar-refractivity contribution in [2.75, 3.05) is 6.61 Å². The maximum absolute atomic E-state index is 5.71. The van der Waals surface area contributed by atoms with Crippen molar-refractivity contribution in [3.63, 3.8) is 0 Å². The van der Waals surface area contributed by atoms with Crippen LogP contribution in [0.15, 0.2) is 35.7 Å². The molecule has 0 spiro atoms. The van der Waals surface area contributed by atoms with Gasteiger partial charge in [0, 0.05) is 4.88 Å². The van der Waals surface area contributed by atoms with Crippen LogP contribution < -0.4 is 16.0 Å². The second-order valence-electron chi connectivity index (χ2n) is 4.49. The zero-order valence-electron chi connectivity index (χ0n) is 11.3. The van der Waals surface area contributed by atoms with Gasteiger partial charge in [0.1, 0.15) is 5.75 Å². The highest BCUT2D eigenvalue weighted by Crippen LogP contribution is 2.29. The van der Waals surface area contributed by atoms with E-state index in [0.717, 1.165) is 24.3 Å². The van der Waals surface area contributed by atoms with Gasteiger partial charge in [-0.1, -0.05) is 19.1 Å². The molecular formula is C15H20N2OS. The van der Waals surface area contributed by atoms with Crippen molar-refractivity contribution in [2.45, 2.75) is 26.3 Å². The normalized spacial score (nSPS) is 12.4. The lowest BCUT2D eigenvalue weighted by atomic mass is 10.0. The lowest BCUT2D eigenvalue weighted by molar-refractivity contribution is 0.317. The van der Waals surface area contributed by atoms with E-state index in [0.29, 0.717) is 0 Å². The number of thiophene rings is 1. The molecule has 3 N–H and O–H groups in total. The molecular weight excluding hydrogens is 256 g/mol. The summed E-state index contributed by atoms with van der Waals surface area (Å²) in [5.41, 5.74) is 5.31. The van der Waals surface area contributed by atoms with Gasteiger partial charge in [0.15, 0.2) is 0 Å². The Bertz CT molecular complexity index is 507. The molecule has 1 atom stereocenters. The molecule has 1 aromatic carbocycles. The first kappa shape index (κ1) is 14.1. The van der Waals surface area contributed by atoms with Gasteiger partial charge in [-0.15, -0.1) is 11.3 Å². The summed E-state index contributed by atoms with van der Waals surface area (Å²) >= 11 is 1.72. The average Bonchev–Trinajstić information content (AvgIpc) is 2.85. The number of hydrogen-bond acceptors (Lipinski definition) is 4. The second-order valence-corrected chi connectivity index (χ2v) is 5.43. The van der Waals surface area contributed by atoms with Crippen molar-refractivity contribution in [3.8, 4) is 5.75 Å². The highest BCUT2D eigenvalue weighted by Gasteiger charge is 2.15. The van der Waals surface area contributed by atoms with Gasteiger partial charge in [0.25, 0.3) is 0 Å². The average molecular weight is 276 g/mol. The molecule has 0 saturated heterocycles. The molecule has 0 saturated carbocycles. The van der Waals surface area contributed by atoms with Crippen LogP contribution in [0.1, 0.15) is 35.4 Å². The summed E-state index contributed by atoms with van der Waals surface area (Å²) in [7, 11) is 0. The highest BCUT2D eigenvalue weighted by atomic mass is 32.1. The van der Waals surface area contributed by atoms with Crippen LogP contribution in [0.3, 0.4) is 0 Å². The fraction of sp³-hybridized carbons (Fsp3) is 0.333. The molecule has 0 bridgehead atoms. The van der Waals surface area contributed by atoms with Gasteiger partial charge >= 0.3 is 0 Å². The SMILES string of the molecule is CCCOc1ccc(C(NN)c2sccc2C)cc1. The van der Waals surface area contributed by atoms with Crippen LogP contribution in [0.25, 0.3) is 0 Å². The number of nitrogens with two attached hydrogens (primary N) is 1.